The average Bonchev–Trinajstić information content (AvgIpc) is 3.10. The Morgan fingerprint density at radius 1 is 1.24 bits per heavy atom. The largest absolute Gasteiger partial charge is 0.359 e. The smallest absolute Gasteiger partial charge is 0.252 e. The third kappa shape index (κ3) is 3.98. The Kier molecular flexibility index (Phi) is 4.84. The van der Waals surface area contributed by atoms with Crippen LogP contribution in [0.5, 0.6) is 0 Å². The van der Waals surface area contributed by atoms with Gasteiger partial charge in [0.1, 0.15) is 0 Å². The van der Waals surface area contributed by atoms with Gasteiger partial charge in [-0.1, -0.05) is 45.4 Å². The van der Waals surface area contributed by atoms with Gasteiger partial charge >= 0.3 is 0 Å². The summed E-state index contributed by atoms with van der Waals surface area (Å²) < 4.78 is 5.45. The third-order valence-corrected chi connectivity index (χ3v) is 3.88. The van der Waals surface area contributed by atoms with E-state index in [0.29, 0.717) is 6.04 Å². The quantitative estimate of drug-likeness (QED) is 0.572. The van der Waals surface area contributed by atoms with E-state index in [1.54, 1.807) is 0 Å². The molecule has 2 fully saturated rings. The van der Waals surface area contributed by atoms with E-state index >= 15 is 0 Å². The van der Waals surface area contributed by atoms with Crippen molar-refractivity contribution >= 4 is 5.91 Å². The maximum atomic E-state index is 11.9. The fourth-order valence-corrected chi connectivity index (χ4v) is 2.72. The van der Waals surface area contributed by atoms with E-state index in [9.17, 15) is 4.79 Å². The molecule has 0 unspecified atom stereocenters. The zero-order chi connectivity index (χ0) is 12.1. The first-order chi connectivity index (χ1) is 8.31. The van der Waals surface area contributed by atoms with Crippen molar-refractivity contribution in [3.05, 3.63) is 0 Å². The Hall–Kier alpha value is -0.570. The van der Waals surface area contributed by atoms with Crippen LogP contribution in [0.15, 0.2) is 0 Å². The van der Waals surface area contributed by atoms with Crippen LogP contribution in [0.1, 0.15) is 64.7 Å². The Labute approximate surface area is 104 Å². The van der Waals surface area contributed by atoms with E-state index in [-0.39, 0.29) is 18.1 Å². The van der Waals surface area contributed by atoms with Gasteiger partial charge in [-0.2, -0.15) is 0 Å². The summed E-state index contributed by atoms with van der Waals surface area (Å²) in [6, 6.07) is 0.414. The molecule has 3 nitrogen and oxygen atoms in total. The molecular weight excluding hydrogens is 214 g/mol. The van der Waals surface area contributed by atoms with E-state index in [2.05, 4.69) is 12.2 Å². The number of unbranched alkanes of at least 4 members (excludes halogenated alkanes) is 2. The molecule has 0 spiro atoms. The maximum absolute atomic E-state index is 11.9. The lowest BCUT2D eigenvalue weighted by Gasteiger charge is -2.22. The van der Waals surface area contributed by atoms with Gasteiger partial charge in [-0.05, 0) is 19.3 Å². The van der Waals surface area contributed by atoms with Crippen LogP contribution in [-0.4, -0.2) is 24.2 Å². The molecule has 2 rings (SSSR count). The number of ether oxygens (including phenoxy) is 1. The standard InChI is InChI=1S/C14H25NO2/c1-2-3-5-10-12-13(17-12)14(16)15-11-8-6-4-7-9-11/h11-13H,2-10H2,1H3,(H,15,16)/t12-,13+/m1/s1. The minimum atomic E-state index is -0.131. The molecule has 1 saturated carbocycles. The predicted octanol–water partition coefficient (Wildman–Crippen LogP) is 2.78. The van der Waals surface area contributed by atoms with E-state index < -0.39 is 0 Å². The van der Waals surface area contributed by atoms with E-state index in [4.69, 9.17) is 4.74 Å². The first-order valence-corrected chi connectivity index (χ1v) is 7.27. The molecule has 1 heterocycles. The topological polar surface area (TPSA) is 41.6 Å². The van der Waals surface area contributed by atoms with Crippen LogP contribution >= 0.6 is 0 Å². The lowest BCUT2D eigenvalue weighted by atomic mass is 9.95. The lowest BCUT2D eigenvalue weighted by molar-refractivity contribution is -0.123. The molecule has 0 radical (unpaired) electrons. The van der Waals surface area contributed by atoms with Crippen LogP contribution in [0, 0.1) is 0 Å². The SMILES string of the molecule is CCCCC[C@H]1O[C@@H]1C(=O)NC1CCCCC1. The molecule has 3 heteroatoms. The molecule has 2 aliphatic rings. The van der Waals surface area contributed by atoms with Gasteiger partial charge in [0.05, 0.1) is 6.10 Å². The second-order valence-corrected chi connectivity index (χ2v) is 5.43. The summed E-state index contributed by atoms with van der Waals surface area (Å²) in [7, 11) is 0. The molecule has 1 aliphatic heterocycles. The molecule has 17 heavy (non-hydrogen) atoms. The van der Waals surface area contributed by atoms with Crippen LogP contribution in [0.25, 0.3) is 0 Å². The summed E-state index contributed by atoms with van der Waals surface area (Å²) in [6.45, 7) is 2.20. The third-order valence-electron chi connectivity index (χ3n) is 3.88. The Morgan fingerprint density at radius 2 is 2.00 bits per heavy atom. The molecule has 1 saturated heterocycles. The van der Waals surface area contributed by atoms with Gasteiger partial charge in [-0.15, -0.1) is 0 Å². The molecule has 1 aliphatic carbocycles. The average molecular weight is 239 g/mol. The molecular formula is C14H25NO2. The van der Waals surface area contributed by atoms with Crippen LogP contribution in [0.2, 0.25) is 0 Å². The second kappa shape index (κ2) is 6.39. The monoisotopic (exact) mass is 239 g/mol. The zero-order valence-corrected chi connectivity index (χ0v) is 10.9. The fraction of sp³-hybridized carbons (Fsp3) is 0.929. The molecule has 2 atom stereocenters. The van der Waals surface area contributed by atoms with Gasteiger partial charge in [0.15, 0.2) is 6.10 Å². The number of hydrogen-bond donors (Lipinski definition) is 1. The van der Waals surface area contributed by atoms with Crippen LogP contribution in [-0.2, 0) is 9.53 Å². The minimum absolute atomic E-state index is 0.131. The number of amides is 1. The van der Waals surface area contributed by atoms with Gasteiger partial charge < -0.3 is 10.1 Å². The Balaban J connectivity index is 1.61. The van der Waals surface area contributed by atoms with E-state index in [1.807, 2.05) is 0 Å². The number of rotatable bonds is 6. The van der Waals surface area contributed by atoms with Crippen LogP contribution in [0.3, 0.4) is 0 Å². The lowest BCUT2D eigenvalue weighted by Crippen LogP contribution is -2.39. The summed E-state index contributed by atoms with van der Waals surface area (Å²) in [5.41, 5.74) is 0. The van der Waals surface area contributed by atoms with Crippen molar-refractivity contribution in [3.8, 4) is 0 Å². The maximum Gasteiger partial charge on any atom is 0.252 e. The van der Waals surface area contributed by atoms with Gasteiger partial charge in [0.25, 0.3) is 5.91 Å². The molecule has 1 N–H and O–H groups in total. The van der Waals surface area contributed by atoms with Crippen molar-refractivity contribution in [1.29, 1.82) is 0 Å². The molecule has 0 aromatic carbocycles. The first kappa shape index (κ1) is 12.9. The Bertz CT molecular complexity index is 249. The van der Waals surface area contributed by atoms with Crippen molar-refractivity contribution in [2.75, 3.05) is 0 Å². The van der Waals surface area contributed by atoms with Crippen molar-refractivity contribution in [1.82, 2.24) is 5.32 Å². The van der Waals surface area contributed by atoms with Crippen molar-refractivity contribution in [2.45, 2.75) is 83.0 Å². The highest BCUT2D eigenvalue weighted by atomic mass is 16.6. The van der Waals surface area contributed by atoms with Crippen molar-refractivity contribution < 1.29 is 9.53 Å². The fourth-order valence-electron chi connectivity index (χ4n) is 2.72. The van der Waals surface area contributed by atoms with Crippen molar-refractivity contribution in [2.24, 2.45) is 0 Å². The predicted molar refractivity (Wildman–Crippen MR) is 67.8 cm³/mol. The van der Waals surface area contributed by atoms with Crippen LogP contribution < -0.4 is 5.32 Å². The van der Waals surface area contributed by atoms with Crippen LogP contribution in [0.4, 0.5) is 0 Å². The molecule has 98 valence electrons. The molecule has 1 amide bonds. The van der Waals surface area contributed by atoms with Crippen molar-refractivity contribution in [3.63, 3.8) is 0 Å². The number of carbonyl (C=O) groups is 1. The minimum Gasteiger partial charge on any atom is -0.359 e. The molecule has 0 aromatic rings. The number of nitrogens with one attached hydrogen (secondary N) is 1. The second-order valence-electron chi connectivity index (χ2n) is 5.43. The van der Waals surface area contributed by atoms with Gasteiger partial charge in [-0.25, -0.2) is 0 Å². The van der Waals surface area contributed by atoms with Gasteiger partial charge in [0.2, 0.25) is 0 Å². The normalized spacial score (nSPS) is 29.0. The highest BCUT2D eigenvalue weighted by Gasteiger charge is 2.44. The van der Waals surface area contributed by atoms with E-state index in [0.717, 1.165) is 19.3 Å². The zero-order valence-electron chi connectivity index (χ0n) is 10.9. The highest BCUT2D eigenvalue weighted by Crippen LogP contribution is 2.28. The summed E-state index contributed by atoms with van der Waals surface area (Å²) in [6.07, 6.45) is 10.9. The summed E-state index contributed by atoms with van der Waals surface area (Å²) in [5, 5.41) is 3.14. The van der Waals surface area contributed by atoms with Gasteiger partial charge in [-0.3, -0.25) is 4.79 Å². The Morgan fingerprint density at radius 3 is 2.71 bits per heavy atom. The number of carbonyl (C=O) groups excluding carboxylic acids is 1. The summed E-state index contributed by atoms with van der Waals surface area (Å²) in [4.78, 5) is 11.9. The highest BCUT2D eigenvalue weighted by molar-refractivity contribution is 5.83. The number of epoxide rings is 1. The van der Waals surface area contributed by atoms with Gasteiger partial charge in [0, 0.05) is 6.04 Å². The molecule has 0 aromatic heterocycles. The summed E-state index contributed by atoms with van der Waals surface area (Å²) in [5.74, 6) is 0.137. The number of hydrogen-bond acceptors (Lipinski definition) is 2. The molecule has 0 bridgehead atoms. The summed E-state index contributed by atoms with van der Waals surface area (Å²) >= 11 is 0. The first-order valence-electron chi connectivity index (χ1n) is 7.27. The van der Waals surface area contributed by atoms with E-state index in [1.165, 1.54) is 38.5 Å².